The number of hydrogen-bond acceptors (Lipinski definition) is 1. The van der Waals surface area contributed by atoms with Crippen molar-refractivity contribution in [3.8, 4) is 0 Å². The Kier molecular flexibility index (Phi) is 9.54. The number of rotatable bonds is 0. The monoisotopic (exact) mass is 147 g/mol. The van der Waals surface area contributed by atoms with E-state index in [1.165, 1.54) is 0 Å². The average Bonchev–Trinajstić information content (AvgIpc) is 1.46. The molecular weight excluding hydrogens is 141 g/mol. The van der Waals surface area contributed by atoms with E-state index in [1.807, 2.05) is 0 Å². The quantitative estimate of drug-likeness (QED) is 0.361. The Balaban J connectivity index is 0. The number of hydrogen-bond donors (Lipinski definition) is 0. The van der Waals surface area contributed by atoms with Gasteiger partial charge < -0.3 is 12.2 Å². The van der Waals surface area contributed by atoms with Gasteiger partial charge in [-0.1, -0.05) is 6.61 Å². The maximum atomic E-state index is 4.38. The van der Waals surface area contributed by atoms with Gasteiger partial charge in [0.2, 0.25) is 0 Å². The summed E-state index contributed by atoms with van der Waals surface area (Å²) in [5.74, 6) is 0. The van der Waals surface area contributed by atoms with Crippen LogP contribution >= 0.6 is 0 Å². The molecule has 5 heavy (non-hydrogen) atoms. The fraction of sp³-hybridized carbons (Fsp3) is 0.333. The van der Waals surface area contributed by atoms with Crippen molar-refractivity contribution in [3.05, 3.63) is 14.0 Å². The van der Waals surface area contributed by atoms with E-state index in [0.717, 1.165) is 6.61 Å². The summed E-state index contributed by atoms with van der Waals surface area (Å²) in [6.45, 7) is 2.62. The first-order valence-corrected chi connectivity index (χ1v) is 0.933. The van der Waals surface area contributed by atoms with Crippen LogP contribution < -0.4 is 0 Å². The van der Waals surface area contributed by atoms with Gasteiger partial charge in [-0.3, -0.25) is 0 Å². The molecule has 1 heterocycles. The molecule has 0 aliphatic carbocycles. The Labute approximate surface area is 58.0 Å². The van der Waals surface area contributed by atoms with Crippen LogP contribution in [0.25, 0.3) is 0 Å². The second-order valence-electron chi connectivity index (χ2n) is 0.500. The molecule has 0 aromatic rings. The summed E-state index contributed by atoms with van der Waals surface area (Å²) in [5, 5.41) is 0. The van der Waals surface area contributed by atoms with Gasteiger partial charge in [0.25, 0.3) is 0 Å². The third-order valence-corrected chi connectivity index (χ3v) is 0.167. The number of epoxide rings is 1. The molecule has 1 rings (SSSR count). The molecule has 1 saturated heterocycles. The molecule has 0 unspecified atom stereocenters. The van der Waals surface area contributed by atoms with Gasteiger partial charge in [-0.05, 0) is 0 Å². The minimum atomic E-state index is 0. The van der Waals surface area contributed by atoms with Crippen molar-refractivity contribution in [2.75, 3.05) is 6.61 Å². The molecule has 0 aromatic carbocycles. The van der Waals surface area contributed by atoms with Crippen LogP contribution in [0.4, 0.5) is 0 Å². The summed E-state index contributed by atoms with van der Waals surface area (Å²) in [6, 6.07) is 0. The molecule has 0 amide bonds. The molecule has 1 nitrogen and oxygen atoms in total. The molecule has 1 aliphatic heterocycles. The molecule has 0 bridgehead atoms. The summed E-state index contributed by atoms with van der Waals surface area (Å²) >= 11 is 0. The van der Waals surface area contributed by atoms with E-state index in [1.54, 1.807) is 6.61 Å². The van der Waals surface area contributed by atoms with Crippen LogP contribution in [0, 0.1) is 14.0 Å². The molecule has 1 radical (unpaired) electrons. The van der Waals surface area contributed by atoms with Crippen LogP contribution in [0.1, 0.15) is 0 Å². The van der Waals surface area contributed by atoms with Gasteiger partial charge >= 0.3 is 0 Å². The molecule has 0 spiro atoms. The zero-order valence-electron chi connectivity index (χ0n) is 3.27. The smallest absolute Gasteiger partial charge is 0 e. The van der Waals surface area contributed by atoms with E-state index < -0.39 is 0 Å². The van der Waals surface area contributed by atoms with Crippen molar-refractivity contribution < 1.29 is 37.4 Å². The first-order chi connectivity index (χ1) is 1.50. The Hall–Kier alpha value is 1.06. The Morgan fingerprint density at radius 3 is 1.80 bits per heavy atom. The third-order valence-electron chi connectivity index (χ3n) is 0.167. The van der Waals surface area contributed by atoms with Gasteiger partial charge in [0.05, 0.1) is 0 Å². The number of ether oxygens (including phenoxy) is 1. The second-order valence-corrected chi connectivity index (χ2v) is 0.500. The zero-order valence-corrected chi connectivity index (χ0v) is 6.11. The zero-order chi connectivity index (χ0) is 2.12. The van der Waals surface area contributed by atoms with Gasteiger partial charge in [-0.25, -0.2) is 0 Å². The third kappa shape index (κ3) is 11.2. The normalized spacial score (nSPS) is 14.4. The minimum absolute atomic E-state index is 0. The molecule has 0 N–H and O–H groups in total. The van der Waals surface area contributed by atoms with Gasteiger partial charge in [-0.2, -0.15) is 6.61 Å². The van der Waals surface area contributed by atoms with Crippen molar-refractivity contribution in [3.63, 3.8) is 0 Å². The van der Waals surface area contributed by atoms with Crippen molar-refractivity contribution in [2.45, 2.75) is 0 Å². The van der Waals surface area contributed by atoms with E-state index in [0.29, 0.717) is 0 Å². The van der Waals surface area contributed by atoms with Gasteiger partial charge in [0.15, 0.2) is 0 Å². The first kappa shape index (κ1) is 9.42. The second kappa shape index (κ2) is 5.06. The van der Waals surface area contributed by atoms with E-state index in [-0.39, 0.29) is 40.1 Å². The maximum absolute atomic E-state index is 4.38. The van der Waals surface area contributed by atoms with Crippen LogP contribution in [-0.2, 0) is 37.4 Å². The van der Waals surface area contributed by atoms with E-state index >= 15 is 0 Å². The van der Waals surface area contributed by atoms with E-state index in [9.17, 15) is 0 Å². The summed E-state index contributed by atoms with van der Waals surface area (Å²) in [4.78, 5) is 0. The Morgan fingerprint density at radius 1 is 1.60 bits per heavy atom. The fourth-order valence-corrected chi connectivity index (χ4v) is 0. The molecule has 0 aromatic heterocycles. The van der Waals surface area contributed by atoms with Crippen LogP contribution in [0.2, 0.25) is 0 Å². The summed E-state index contributed by atoms with van der Waals surface area (Å²) in [5.41, 5.74) is 0. The molecule has 2 heteroatoms. The standard InChI is InChI=1S/C2H3O.CH3.Y/c1-2-3-1;;/h1H,2H2;1H3;/q2*-1;. The van der Waals surface area contributed by atoms with Crippen LogP contribution in [0.5, 0.6) is 0 Å². The van der Waals surface area contributed by atoms with E-state index in [2.05, 4.69) is 4.74 Å². The SMILES string of the molecule is [CH-]1CO1.[CH3-].[Y]. The maximum Gasteiger partial charge on any atom is 0 e. The van der Waals surface area contributed by atoms with Crippen LogP contribution in [-0.4, -0.2) is 6.61 Å². The van der Waals surface area contributed by atoms with E-state index in [4.69, 9.17) is 0 Å². The summed E-state index contributed by atoms with van der Waals surface area (Å²) in [7, 11) is 0. The molecule has 1 fully saturated rings. The Bertz CT molecular complexity index is 11.6. The molecule has 29 valence electrons. The fourth-order valence-electron chi connectivity index (χ4n) is 0. The van der Waals surface area contributed by atoms with Crippen molar-refractivity contribution in [2.24, 2.45) is 0 Å². The minimum Gasteiger partial charge on any atom is -0.574 e. The molecule has 0 atom stereocenters. The van der Waals surface area contributed by atoms with Crippen LogP contribution in [0.15, 0.2) is 0 Å². The Morgan fingerprint density at radius 2 is 1.80 bits per heavy atom. The van der Waals surface area contributed by atoms with Crippen molar-refractivity contribution in [1.82, 2.24) is 0 Å². The van der Waals surface area contributed by atoms with Gasteiger partial charge in [-0.15, -0.1) is 0 Å². The average molecular weight is 147 g/mol. The van der Waals surface area contributed by atoms with Crippen LogP contribution in [0.3, 0.4) is 0 Å². The first-order valence-electron chi connectivity index (χ1n) is 0.933. The predicted octanol–water partition coefficient (Wildman–Crippen LogP) is 0.626. The topological polar surface area (TPSA) is 12.5 Å². The van der Waals surface area contributed by atoms with Gasteiger partial charge in [0.1, 0.15) is 0 Å². The summed E-state index contributed by atoms with van der Waals surface area (Å²) in [6.07, 6.45) is 0. The van der Waals surface area contributed by atoms with Crippen molar-refractivity contribution in [1.29, 1.82) is 0 Å². The molecule has 0 saturated carbocycles. The largest absolute Gasteiger partial charge is 0.574 e. The van der Waals surface area contributed by atoms with Crippen molar-refractivity contribution >= 4 is 0 Å². The van der Waals surface area contributed by atoms with Gasteiger partial charge in [0, 0.05) is 32.7 Å². The molecular formula is C3H6OY-2. The summed E-state index contributed by atoms with van der Waals surface area (Å²) < 4.78 is 4.38. The molecule has 1 aliphatic rings. The predicted molar refractivity (Wildman–Crippen MR) is 16.7 cm³/mol.